The van der Waals surface area contributed by atoms with Crippen LogP contribution in [-0.2, 0) is 0 Å². The minimum Gasteiger partial charge on any atom is -0.479 e. The van der Waals surface area contributed by atoms with Gasteiger partial charge >= 0.3 is 5.97 Å². The fourth-order valence-electron chi connectivity index (χ4n) is 5.61. The first-order valence-corrected chi connectivity index (χ1v) is 17.0. The van der Waals surface area contributed by atoms with Crippen LogP contribution in [0.25, 0.3) is 11.0 Å². The zero-order valence-electron chi connectivity index (χ0n) is 29.4. The molecule has 0 saturated heterocycles. The lowest BCUT2D eigenvalue weighted by Gasteiger charge is -2.32. The van der Waals surface area contributed by atoms with Crippen LogP contribution < -0.4 is 20.0 Å². The van der Waals surface area contributed by atoms with Gasteiger partial charge in [0.05, 0.1) is 23.6 Å². The molecule has 2 aliphatic rings. The van der Waals surface area contributed by atoms with Crippen molar-refractivity contribution < 1.29 is 37.4 Å². The molecule has 1 N–H and O–H groups in total. The van der Waals surface area contributed by atoms with E-state index in [1.807, 2.05) is 37.5 Å². The quantitative estimate of drug-likeness (QED) is 0.206. The Labute approximate surface area is 307 Å². The Balaban J connectivity index is 0.000000175. The van der Waals surface area contributed by atoms with Gasteiger partial charge in [0.25, 0.3) is 5.88 Å². The van der Waals surface area contributed by atoms with E-state index in [4.69, 9.17) is 33.0 Å². The predicted octanol–water partition coefficient (Wildman–Crippen LogP) is 7.17. The van der Waals surface area contributed by atoms with Gasteiger partial charge in [0.1, 0.15) is 22.8 Å². The molecule has 17 heteroatoms. The molecule has 52 heavy (non-hydrogen) atoms. The van der Waals surface area contributed by atoms with E-state index in [1.165, 1.54) is 30.0 Å². The number of nitrogens with zero attached hydrogens (tertiary/aromatic N) is 6. The van der Waals surface area contributed by atoms with Crippen molar-refractivity contribution in [3.8, 4) is 5.88 Å². The Hall–Kier alpha value is -4.76. The third-order valence-corrected chi connectivity index (χ3v) is 8.81. The molecule has 6 heterocycles. The van der Waals surface area contributed by atoms with Gasteiger partial charge in [0, 0.05) is 50.3 Å². The molecule has 0 amide bonds. The highest BCUT2D eigenvalue weighted by molar-refractivity contribution is 6.30. The molecule has 12 nitrogen and oxygen atoms in total. The fourth-order valence-corrected chi connectivity index (χ4v) is 5.88. The van der Waals surface area contributed by atoms with Crippen molar-refractivity contribution in [3.63, 3.8) is 0 Å². The molecular weight excluding hydrogens is 728 g/mol. The summed E-state index contributed by atoms with van der Waals surface area (Å²) in [5, 5.41) is 8.36. The molecule has 6 rings (SSSR count). The first kappa shape index (κ1) is 40.0. The van der Waals surface area contributed by atoms with E-state index in [1.54, 1.807) is 13.8 Å². The first-order chi connectivity index (χ1) is 24.4. The number of hydrogen-bond donors (Lipinski definition) is 1. The summed E-state index contributed by atoms with van der Waals surface area (Å²) in [6, 6.07) is 3.58. The summed E-state index contributed by atoms with van der Waals surface area (Å²) >= 11 is 11.2. The number of hydrogen-bond acceptors (Lipinski definition) is 10. The number of pyridine rings is 4. The molecule has 4 aromatic rings. The second-order valence-electron chi connectivity index (χ2n) is 12.7. The lowest BCUT2D eigenvalue weighted by atomic mass is 10.0. The van der Waals surface area contributed by atoms with Crippen molar-refractivity contribution in [3.05, 3.63) is 79.1 Å². The number of Topliss-reactive ketones (excluding diaryl/α,β-unsaturated/α-hetero) is 2. The monoisotopic (exact) mass is 764 g/mol. The van der Waals surface area contributed by atoms with Crippen molar-refractivity contribution in [2.75, 3.05) is 30.0 Å². The van der Waals surface area contributed by atoms with E-state index in [2.05, 4.69) is 15.0 Å². The fraction of sp³-hybridized carbons (Fsp3) is 0.400. The number of ketones is 2. The molecule has 0 aliphatic carbocycles. The largest absolute Gasteiger partial charge is 0.479 e. The van der Waals surface area contributed by atoms with Gasteiger partial charge in [-0.1, -0.05) is 23.2 Å². The van der Waals surface area contributed by atoms with Crippen LogP contribution in [-0.4, -0.2) is 74.4 Å². The summed E-state index contributed by atoms with van der Waals surface area (Å²) in [6.45, 7) is 12.8. The number of halogens is 5. The molecule has 0 radical (unpaired) electrons. The lowest BCUT2D eigenvalue weighted by molar-refractivity contribution is 0.0694. The van der Waals surface area contributed by atoms with Crippen LogP contribution >= 0.6 is 23.2 Å². The maximum absolute atomic E-state index is 13.5. The maximum Gasteiger partial charge on any atom is 0.341 e. The number of ether oxygens (including phenoxy) is 1. The third-order valence-electron chi connectivity index (χ3n) is 8.28. The van der Waals surface area contributed by atoms with Gasteiger partial charge in [-0.05, 0) is 59.7 Å². The number of methoxy groups -OCH3 is 1. The van der Waals surface area contributed by atoms with Crippen molar-refractivity contribution >= 4 is 63.4 Å². The Morgan fingerprint density at radius 3 is 1.73 bits per heavy atom. The number of carbonyl (C=O) groups excluding carboxylic acids is 2. The molecule has 0 fully saturated rings. The molecule has 0 atom stereocenters. The molecule has 4 aromatic heterocycles. The number of fused-ring (bicyclic) bond motifs is 3. The molecule has 278 valence electrons. The first-order valence-electron chi connectivity index (χ1n) is 16.2. The minimum atomic E-state index is -1.36. The zero-order valence-corrected chi connectivity index (χ0v) is 30.9. The second-order valence-corrected chi connectivity index (χ2v) is 13.4. The summed E-state index contributed by atoms with van der Waals surface area (Å²) < 4.78 is 46.5. The molecular formula is C35H37Cl2F3N6O6. The topological polar surface area (TPSA) is 148 Å². The Kier molecular flexibility index (Phi) is 12.5. The van der Waals surface area contributed by atoms with E-state index in [-0.39, 0.29) is 56.9 Å². The minimum absolute atomic E-state index is 0.0639. The summed E-state index contributed by atoms with van der Waals surface area (Å²) in [6.07, 6.45) is 1.99. The van der Waals surface area contributed by atoms with E-state index in [0.29, 0.717) is 48.7 Å². The van der Waals surface area contributed by atoms with Gasteiger partial charge in [-0.25, -0.2) is 27.9 Å². The van der Waals surface area contributed by atoms with Crippen LogP contribution in [0.5, 0.6) is 5.88 Å². The van der Waals surface area contributed by atoms with E-state index >= 15 is 0 Å². The molecule has 2 aliphatic heterocycles. The molecule has 0 spiro atoms. The van der Waals surface area contributed by atoms with Crippen LogP contribution in [0.2, 0.25) is 10.3 Å². The Morgan fingerprint density at radius 1 is 0.769 bits per heavy atom. The second kappa shape index (κ2) is 16.3. The number of carbonyl (C=O) groups is 3. The van der Waals surface area contributed by atoms with Gasteiger partial charge in [-0.3, -0.25) is 14.4 Å². The van der Waals surface area contributed by atoms with Gasteiger partial charge in [0.15, 0.2) is 39.3 Å². The van der Waals surface area contributed by atoms with Crippen molar-refractivity contribution in [2.24, 2.45) is 0 Å². The molecule has 0 bridgehead atoms. The van der Waals surface area contributed by atoms with E-state index in [9.17, 15) is 32.3 Å². The molecule has 0 aromatic carbocycles. The Morgan fingerprint density at radius 2 is 1.25 bits per heavy atom. The normalized spacial score (nSPS) is 13.8. The van der Waals surface area contributed by atoms with Crippen LogP contribution in [0.15, 0.2) is 29.2 Å². The summed E-state index contributed by atoms with van der Waals surface area (Å²) in [5.41, 5.74) is -0.353. The molecule has 0 saturated carbocycles. The Bertz CT molecular complexity index is 2110. The lowest BCUT2D eigenvalue weighted by Crippen LogP contribution is -2.38. The standard InChI is InChI=1S/C12H10ClFN2O3.C12H15FN2O2.C11H12ClFN2O/c1-5(2)16-4-7(12(18)19)9(17)6-3-8(14)10(13)15-11(6)16;1-7(2)15-5-4-10(16)8-6-9(13)12(17-3)14-11(8)15;1-6(2)15-4-3-9(16)7-5-8(13)10(12)14-11(7)15/h3-5H,1-2H3,(H,18,19);6-7H,4-5H2,1-3H3;5-6H,3-4H2,1-2H3. The third kappa shape index (κ3) is 8.31. The van der Waals surface area contributed by atoms with Crippen molar-refractivity contribution in [1.82, 2.24) is 19.5 Å². The SMILES string of the molecule is CC(C)N1CCC(=O)c2cc(F)c(Cl)nc21.CC(C)n1cc(C(=O)O)c(=O)c2cc(F)c(Cl)nc21.COc1nc2c(cc1F)C(=O)CCN2C(C)C. The predicted molar refractivity (Wildman–Crippen MR) is 191 cm³/mol. The summed E-state index contributed by atoms with van der Waals surface area (Å²) in [7, 11) is 1.36. The van der Waals surface area contributed by atoms with Crippen molar-refractivity contribution in [1.29, 1.82) is 0 Å². The van der Waals surface area contributed by atoms with E-state index in [0.717, 1.165) is 6.07 Å². The van der Waals surface area contributed by atoms with Gasteiger partial charge in [-0.2, -0.15) is 4.98 Å². The van der Waals surface area contributed by atoms with Gasteiger partial charge < -0.3 is 24.2 Å². The number of aromatic nitrogens is 4. The zero-order chi connectivity index (χ0) is 38.8. The smallest absolute Gasteiger partial charge is 0.341 e. The van der Waals surface area contributed by atoms with Gasteiger partial charge in [0.2, 0.25) is 5.43 Å². The number of aromatic carboxylic acids is 1. The van der Waals surface area contributed by atoms with Gasteiger partial charge in [-0.15, -0.1) is 0 Å². The summed E-state index contributed by atoms with van der Waals surface area (Å²) in [4.78, 5) is 62.2. The highest BCUT2D eigenvalue weighted by atomic mass is 35.5. The number of carboxylic acids is 1. The molecule has 0 unspecified atom stereocenters. The van der Waals surface area contributed by atoms with Crippen LogP contribution in [0.3, 0.4) is 0 Å². The average Bonchev–Trinajstić information content (AvgIpc) is 3.07. The number of carboxylic acid groups (broad SMARTS) is 1. The number of anilines is 2. The number of rotatable bonds is 5. The maximum atomic E-state index is 13.5. The van der Waals surface area contributed by atoms with Crippen LogP contribution in [0.1, 0.15) is 91.5 Å². The van der Waals surface area contributed by atoms with Crippen LogP contribution in [0.4, 0.5) is 24.8 Å². The van der Waals surface area contributed by atoms with Crippen LogP contribution in [0, 0.1) is 17.5 Å². The highest BCUT2D eigenvalue weighted by Gasteiger charge is 2.29. The van der Waals surface area contributed by atoms with Crippen molar-refractivity contribution in [2.45, 2.75) is 72.5 Å². The average molecular weight is 766 g/mol. The summed E-state index contributed by atoms with van der Waals surface area (Å²) in [5.74, 6) is -2.64. The van der Waals surface area contributed by atoms with E-state index < -0.39 is 34.4 Å². The highest BCUT2D eigenvalue weighted by Crippen LogP contribution is 2.31.